The van der Waals surface area contributed by atoms with Crippen LogP contribution in [0.4, 0.5) is 0 Å². The van der Waals surface area contributed by atoms with Crippen molar-refractivity contribution in [3.8, 4) is 5.75 Å². The van der Waals surface area contributed by atoms with E-state index in [1.807, 2.05) is 31.2 Å². The SMILES string of the molecule is COc1ccc(C(C)NOCCC(=O)O)cc1. The van der Waals surface area contributed by atoms with Gasteiger partial charge in [0.15, 0.2) is 0 Å². The summed E-state index contributed by atoms with van der Waals surface area (Å²) in [5.74, 6) is -0.0725. The largest absolute Gasteiger partial charge is 0.497 e. The van der Waals surface area contributed by atoms with Crippen molar-refractivity contribution in [2.45, 2.75) is 19.4 Å². The molecule has 0 aliphatic carbocycles. The fraction of sp³-hybridized carbons (Fsp3) is 0.417. The highest BCUT2D eigenvalue weighted by Crippen LogP contribution is 2.16. The highest BCUT2D eigenvalue weighted by molar-refractivity contribution is 5.66. The molecule has 0 saturated heterocycles. The molecule has 0 radical (unpaired) electrons. The van der Waals surface area contributed by atoms with Crippen molar-refractivity contribution < 1.29 is 19.5 Å². The van der Waals surface area contributed by atoms with E-state index >= 15 is 0 Å². The molecule has 1 aromatic carbocycles. The predicted molar refractivity (Wildman–Crippen MR) is 62.7 cm³/mol. The van der Waals surface area contributed by atoms with E-state index in [-0.39, 0.29) is 19.1 Å². The number of ether oxygens (including phenoxy) is 1. The van der Waals surface area contributed by atoms with Crippen LogP contribution in [0.3, 0.4) is 0 Å². The van der Waals surface area contributed by atoms with Crippen LogP contribution in [0.5, 0.6) is 5.75 Å². The number of hydrogen-bond acceptors (Lipinski definition) is 4. The third-order valence-corrected chi connectivity index (χ3v) is 2.29. The number of carboxylic acids is 1. The number of hydrogen-bond donors (Lipinski definition) is 2. The Morgan fingerprint density at radius 1 is 1.41 bits per heavy atom. The minimum absolute atomic E-state index is 0.00491. The molecular formula is C12H17NO4. The summed E-state index contributed by atoms with van der Waals surface area (Å²) < 4.78 is 5.06. The van der Waals surface area contributed by atoms with Crippen molar-refractivity contribution in [1.82, 2.24) is 5.48 Å². The third kappa shape index (κ3) is 4.84. The number of methoxy groups -OCH3 is 1. The van der Waals surface area contributed by atoms with Gasteiger partial charge in [-0.25, -0.2) is 0 Å². The minimum atomic E-state index is -0.871. The maximum Gasteiger partial charge on any atom is 0.305 e. The Morgan fingerprint density at radius 2 is 2.06 bits per heavy atom. The van der Waals surface area contributed by atoms with Crippen LogP contribution in [-0.2, 0) is 9.63 Å². The highest BCUT2D eigenvalue weighted by Gasteiger charge is 2.05. The Morgan fingerprint density at radius 3 is 2.59 bits per heavy atom. The molecule has 5 heteroatoms. The molecule has 1 atom stereocenters. The first kappa shape index (κ1) is 13.5. The lowest BCUT2D eigenvalue weighted by Gasteiger charge is -2.14. The first-order valence-corrected chi connectivity index (χ1v) is 5.36. The molecule has 0 heterocycles. The molecule has 0 amide bonds. The number of benzene rings is 1. The molecule has 0 spiro atoms. The molecular weight excluding hydrogens is 222 g/mol. The van der Waals surface area contributed by atoms with Gasteiger partial charge in [-0.15, -0.1) is 0 Å². The summed E-state index contributed by atoms with van der Waals surface area (Å²) in [6.07, 6.45) is -0.0116. The van der Waals surface area contributed by atoms with Crippen LogP contribution in [0, 0.1) is 0 Å². The maximum atomic E-state index is 10.3. The zero-order valence-electron chi connectivity index (χ0n) is 9.97. The van der Waals surface area contributed by atoms with Crippen LogP contribution in [0.25, 0.3) is 0 Å². The maximum absolute atomic E-state index is 10.3. The van der Waals surface area contributed by atoms with Crippen LogP contribution >= 0.6 is 0 Å². The molecule has 17 heavy (non-hydrogen) atoms. The molecule has 0 saturated carbocycles. The van der Waals surface area contributed by atoms with E-state index in [2.05, 4.69) is 5.48 Å². The Kier molecular flexibility index (Phi) is 5.45. The van der Waals surface area contributed by atoms with Gasteiger partial charge in [-0.1, -0.05) is 12.1 Å². The van der Waals surface area contributed by atoms with Crippen LogP contribution in [-0.4, -0.2) is 24.8 Å². The molecule has 0 bridgehead atoms. The smallest absolute Gasteiger partial charge is 0.305 e. The van der Waals surface area contributed by atoms with E-state index in [1.165, 1.54) is 0 Å². The molecule has 5 nitrogen and oxygen atoms in total. The minimum Gasteiger partial charge on any atom is -0.497 e. The first-order chi connectivity index (χ1) is 8.13. The van der Waals surface area contributed by atoms with Gasteiger partial charge in [-0.05, 0) is 24.6 Å². The first-order valence-electron chi connectivity index (χ1n) is 5.36. The van der Waals surface area contributed by atoms with Crippen molar-refractivity contribution in [3.05, 3.63) is 29.8 Å². The average molecular weight is 239 g/mol. The molecule has 94 valence electrons. The summed E-state index contributed by atoms with van der Waals surface area (Å²) in [5, 5.41) is 8.43. The molecule has 0 fully saturated rings. The summed E-state index contributed by atoms with van der Waals surface area (Å²) in [7, 11) is 1.62. The van der Waals surface area contributed by atoms with Gasteiger partial charge >= 0.3 is 5.97 Å². The zero-order valence-corrected chi connectivity index (χ0v) is 9.97. The number of aliphatic carboxylic acids is 1. The quantitative estimate of drug-likeness (QED) is 0.560. The van der Waals surface area contributed by atoms with Gasteiger partial charge in [-0.3, -0.25) is 4.79 Å². The Labute approximate surface area is 100 Å². The van der Waals surface area contributed by atoms with Crippen LogP contribution in [0.2, 0.25) is 0 Å². The van der Waals surface area contributed by atoms with Crippen molar-refractivity contribution in [3.63, 3.8) is 0 Å². The van der Waals surface area contributed by atoms with Gasteiger partial charge in [0.1, 0.15) is 5.75 Å². The van der Waals surface area contributed by atoms with Crippen molar-refractivity contribution in [2.24, 2.45) is 0 Å². The molecule has 0 aromatic heterocycles. The molecule has 1 unspecified atom stereocenters. The van der Waals surface area contributed by atoms with Crippen molar-refractivity contribution >= 4 is 5.97 Å². The molecule has 1 aromatic rings. The fourth-order valence-electron chi connectivity index (χ4n) is 1.28. The van der Waals surface area contributed by atoms with Gasteiger partial charge in [0.2, 0.25) is 0 Å². The van der Waals surface area contributed by atoms with Gasteiger partial charge in [-0.2, -0.15) is 5.48 Å². The summed E-state index contributed by atoms with van der Waals surface area (Å²) in [5.41, 5.74) is 3.83. The van der Waals surface area contributed by atoms with E-state index in [0.717, 1.165) is 11.3 Å². The Balaban J connectivity index is 2.35. The summed E-state index contributed by atoms with van der Waals surface area (Å²) in [6.45, 7) is 2.08. The normalized spacial score (nSPS) is 12.1. The fourth-order valence-corrected chi connectivity index (χ4v) is 1.28. The molecule has 2 N–H and O–H groups in total. The van der Waals surface area contributed by atoms with Crippen LogP contribution in [0.15, 0.2) is 24.3 Å². The van der Waals surface area contributed by atoms with E-state index < -0.39 is 5.97 Å². The standard InChI is InChI=1S/C12H17NO4/c1-9(13-17-8-7-12(14)15)10-3-5-11(16-2)6-4-10/h3-6,9,13H,7-8H2,1-2H3,(H,14,15). The Bertz CT molecular complexity index is 350. The average Bonchev–Trinajstić information content (AvgIpc) is 2.34. The van der Waals surface area contributed by atoms with E-state index in [1.54, 1.807) is 7.11 Å². The number of carbonyl (C=O) groups is 1. The lowest BCUT2D eigenvalue weighted by Crippen LogP contribution is -2.20. The number of rotatable bonds is 7. The number of carboxylic acid groups (broad SMARTS) is 1. The topological polar surface area (TPSA) is 67.8 Å². The second-order valence-electron chi connectivity index (χ2n) is 3.60. The summed E-state index contributed by atoms with van der Waals surface area (Å²) >= 11 is 0. The zero-order chi connectivity index (χ0) is 12.7. The third-order valence-electron chi connectivity index (χ3n) is 2.29. The second-order valence-corrected chi connectivity index (χ2v) is 3.60. The second kappa shape index (κ2) is 6.88. The lowest BCUT2D eigenvalue weighted by atomic mass is 10.1. The van der Waals surface area contributed by atoms with Gasteiger partial charge < -0.3 is 14.7 Å². The monoisotopic (exact) mass is 239 g/mol. The predicted octanol–water partition coefficient (Wildman–Crippen LogP) is 1.75. The van der Waals surface area contributed by atoms with Gasteiger partial charge in [0.05, 0.1) is 26.2 Å². The van der Waals surface area contributed by atoms with Gasteiger partial charge in [0.25, 0.3) is 0 Å². The Hall–Kier alpha value is -1.59. The summed E-state index contributed by atoms with van der Waals surface area (Å²) in [6, 6.07) is 7.58. The van der Waals surface area contributed by atoms with Crippen molar-refractivity contribution in [2.75, 3.05) is 13.7 Å². The van der Waals surface area contributed by atoms with Crippen LogP contribution < -0.4 is 10.2 Å². The van der Waals surface area contributed by atoms with Crippen LogP contribution in [0.1, 0.15) is 24.9 Å². The van der Waals surface area contributed by atoms with Crippen molar-refractivity contribution in [1.29, 1.82) is 0 Å². The number of nitrogens with one attached hydrogen (secondary N) is 1. The lowest BCUT2D eigenvalue weighted by molar-refractivity contribution is -0.139. The summed E-state index contributed by atoms with van der Waals surface area (Å²) in [4.78, 5) is 15.3. The van der Waals surface area contributed by atoms with E-state index in [0.29, 0.717) is 0 Å². The van der Waals surface area contributed by atoms with Gasteiger partial charge in [0, 0.05) is 0 Å². The van der Waals surface area contributed by atoms with E-state index in [4.69, 9.17) is 14.7 Å². The highest BCUT2D eigenvalue weighted by atomic mass is 16.6. The van der Waals surface area contributed by atoms with E-state index in [9.17, 15) is 4.79 Å². The number of hydroxylamine groups is 1. The molecule has 0 aliphatic rings. The molecule has 1 rings (SSSR count). The molecule has 0 aliphatic heterocycles.